The Morgan fingerprint density at radius 1 is 1.04 bits per heavy atom. The third kappa shape index (κ3) is 2.06. The van der Waals surface area contributed by atoms with E-state index < -0.39 is 0 Å². The van der Waals surface area contributed by atoms with Crippen LogP contribution in [0.25, 0.3) is 5.57 Å². The van der Waals surface area contributed by atoms with Gasteiger partial charge in [0.15, 0.2) is 0 Å². The van der Waals surface area contributed by atoms with Crippen molar-refractivity contribution in [1.29, 1.82) is 0 Å². The second-order valence-corrected chi connectivity index (χ2v) is 10.2. The molecule has 0 radical (unpaired) electrons. The normalized spacial score (nSPS) is 47.5. The first-order chi connectivity index (χ1) is 12.5. The van der Waals surface area contributed by atoms with Crippen LogP contribution < -0.4 is 5.73 Å². The number of fused-ring (bicyclic) bond motifs is 5. The smallest absolute Gasteiger partial charge is 0.0343 e. The lowest BCUT2D eigenvalue weighted by molar-refractivity contribution is -0.115. The van der Waals surface area contributed by atoms with Crippen LogP contribution in [0.5, 0.6) is 0 Å². The number of nitrogens with zero attached hydrogens (tertiary/aromatic N) is 1. The highest BCUT2D eigenvalue weighted by Gasteiger charge is 2.64. The largest absolute Gasteiger partial charge is 0.324 e. The molecular weight excluding hydrogens is 316 g/mol. The van der Waals surface area contributed by atoms with E-state index in [1.54, 1.807) is 5.57 Å². The molecular formula is C24H34N2. The van der Waals surface area contributed by atoms with Crippen LogP contribution in [0.15, 0.2) is 30.6 Å². The standard InChI is InChI=1S/C24H34N2/c1-22-13-14-24(25)21(9-8-18-7-3-4-12-23(18,24)2)20(22)11-10-19(22)17-6-5-15-26-16-17/h5-6,10,15-16,18,20-21H,3-4,7-9,11-14,25H2,1-2H3/t18?,20-,21-,22+,23-,24+/m0/s1. The van der Waals surface area contributed by atoms with Gasteiger partial charge < -0.3 is 5.73 Å². The van der Waals surface area contributed by atoms with Gasteiger partial charge >= 0.3 is 0 Å². The van der Waals surface area contributed by atoms with Gasteiger partial charge in [-0.15, -0.1) is 0 Å². The van der Waals surface area contributed by atoms with E-state index in [0.717, 1.165) is 11.8 Å². The Hall–Kier alpha value is -1.15. The maximum absolute atomic E-state index is 7.42. The first kappa shape index (κ1) is 17.0. The van der Waals surface area contributed by atoms with Gasteiger partial charge in [0, 0.05) is 17.9 Å². The van der Waals surface area contributed by atoms with Gasteiger partial charge in [0.2, 0.25) is 0 Å². The average molecular weight is 351 g/mol. The SMILES string of the molecule is C[C@]12CCCCC1CC[C@H]1[C@@H]3CC=C(c4cccnc4)[C@@]3(C)CC[C@@]12N. The van der Waals surface area contributed by atoms with Gasteiger partial charge in [-0.2, -0.15) is 0 Å². The number of hydrogen-bond donors (Lipinski definition) is 1. The lowest BCUT2D eigenvalue weighted by Gasteiger charge is -2.66. The molecule has 0 spiro atoms. The summed E-state index contributed by atoms with van der Waals surface area (Å²) in [5.41, 5.74) is 11.0. The van der Waals surface area contributed by atoms with E-state index in [1.165, 1.54) is 63.4 Å². The van der Waals surface area contributed by atoms with Crippen molar-refractivity contribution < 1.29 is 0 Å². The summed E-state index contributed by atoms with van der Waals surface area (Å²) in [5, 5.41) is 0. The molecule has 4 aliphatic rings. The Morgan fingerprint density at radius 3 is 2.73 bits per heavy atom. The number of pyridine rings is 1. The molecule has 3 fully saturated rings. The Kier molecular flexibility index (Phi) is 3.71. The van der Waals surface area contributed by atoms with Gasteiger partial charge in [-0.05, 0) is 90.7 Å². The van der Waals surface area contributed by atoms with Crippen molar-refractivity contribution in [1.82, 2.24) is 4.98 Å². The van der Waals surface area contributed by atoms with E-state index in [1.807, 2.05) is 6.20 Å². The predicted octanol–water partition coefficient (Wildman–Crippen LogP) is 5.59. The van der Waals surface area contributed by atoms with Crippen molar-refractivity contribution in [2.75, 3.05) is 0 Å². The first-order valence-electron chi connectivity index (χ1n) is 10.9. The molecule has 0 aliphatic heterocycles. The van der Waals surface area contributed by atoms with E-state index >= 15 is 0 Å². The molecule has 6 atom stereocenters. The number of allylic oxidation sites excluding steroid dienone is 2. The first-order valence-corrected chi connectivity index (χ1v) is 10.9. The van der Waals surface area contributed by atoms with Crippen molar-refractivity contribution in [3.05, 3.63) is 36.2 Å². The highest BCUT2D eigenvalue weighted by atomic mass is 14.9. The maximum Gasteiger partial charge on any atom is 0.0343 e. The monoisotopic (exact) mass is 350 g/mol. The van der Waals surface area contributed by atoms with Crippen LogP contribution in [0.2, 0.25) is 0 Å². The quantitative estimate of drug-likeness (QED) is 0.717. The topological polar surface area (TPSA) is 38.9 Å². The Labute approximate surface area is 158 Å². The minimum Gasteiger partial charge on any atom is -0.324 e. The summed E-state index contributed by atoms with van der Waals surface area (Å²) in [7, 11) is 0. The fourth-order valence-corrected chi connectivity index (χ4v) is 7.88. The highest BCUT2D eigenvalue weighted by Crippen LogP contribution is 2.68. The van der Waals surface area contributed by atoms with Gasteiger partial charge in [0.1, 0.15) is 0 Å². The number of nitrogens with two attached hydrogens (primary N) is 1. The molecule has 0 saturated heterocycles. The van der Waals surface area contributed by atoms with Crippen molar-refractivity contribution in [3.63, 3.8) is 0 Å². The zero-order valence-electron chi connectivity index (χ0n) is 16.5. The average Bonchev–Trinajstić information content (AvgIpc) is 3.00. The fourth-order valence-electron chi connectivity index (χ4n) is 7.88. The molecule has 3 saturated carbocycles. The molecule has 1 aromatic heterocycles. The van der Waals surface area contributed by atoms with Crippen LogP contribution in [0.1, 0.15) is 77.2 Å². The number of aromatic nitrogens is 1. The van der Waals surface area contributed by atoms with Crippen LogP contribution >= 0.6 is 0 Å². The van der Waals surface area contributed by atoms with Gasteiger partial charge in [0.05, 0.1) is 0 Å². The summed E-state index contributed by atoms with van der Waals surface area (Å²) in [6, 6.07) is 4.33. The molecule has 1 aromatic rings. The van der Waals surface area contributed by atoms with E-state index in [2.05, 4.69) is 43.2 Å². The Balaban J connectivity index is 1.51. The molecule has 140 valence electrons. The van der Waals surface area contributed by atoms with Crippen molar-refractivity contribution in [2.24, 2.45) is 34.3 Å². The zero-order valence-corrected chi connectivity index (χ0v) is 16.5. The van der Waals surface area contributed by atoms with Gasteiger partial charge in [0.25, 0.3) is 0 Å². The lowest BCUT2D eigenvalue weighted by atomic mass is 9.41. The van der Waals surface area contributed by atoms with Crippen molar-refractivity contribution in [2.45, 2.75) is 77.2 Å². The van der Waals surface area contributed by atoms with Crippen molar-refractivity contribution >= 4 is 5.57 Å². The lowest BCUT2D eigenvalue weighted by Crippen LogP contribution is -2.69. The predicted molar refractivity (Wildman–Crippen MR) is 107 cm³/mol. The summed E-state index contributed by atoms with van der Waals surface area (Å²) in [6.07, 6.45) is 18.5. The summed E-state index contributed by atoms with van der Waals surface area (Å²) in [4.78, 5) is 4.39. The summed E-state index contributed by atoms with van der Waals surface area (Å²) >= 11 is 0. The summed E-state index contributed by atoms with van der Waals surface area (Å²) in [6.45, 7) is 5.09. The number of rotatable bonds is 1. The van der Waals surface area contributed by atoms with E-state index in [0.29, 0.717) is 11.3 Å². The van der Waals surface area contributed by atoms with Gasteiger partial charge in [-0.25, -0.2) is 0 Å². The van der Waals surface area contributed by atoms with Crippen LogP contribution in [0, 0.1) is 28.6 Å². The second kappa shape index (κ2) is 5.67. The van der Waals surface area contributed by atoms with Crippen LogP contribution in [-0.2, 0) is 0 Å². The molecule has 1 heterocycles. The van der Waals surface area contributed by atoms with Gasteiger partial charge in [-0.1, -0.05) is 38.8 Å². The van der Waals surface area contributed by atoms with E-state index in [9.17, 15) is 0 Å². The van der Waals surface area contributed by atoms with E-state index in [4.69, 9.17) is 5.73 Å². The molecule has 1 unspecified atom stereocenters. The Bertz CT molecular complexity index is 725. The number of hydrogen-bond acceptors (Lipinski definition) is 2. The van der Waals surface area contributed by atoms with E-state index in [-0.39, 0.29) is 11.0 Å². The van der Waals surface area contributed by atoms with Gasteiger partial charge in [-0.3, -0.25) is 4.98 Å². The molecule has 26 heavy (non-hydrogen) atoms. The molecule has 0 bridgehead atoms. The Morgan fingerprint density at radius 2 is 1.92 bits per heavy atom. The third-order valence-corrected chi connectivity index (χ3v) is 9.48. The molecule has 2 N–H and O–H groups in total. The van der Waals surface area contributed by atoms with Crippen LogP contribution in [0.3, 0.4) is 0 Å². The minimum absolute atomic E-state index is 0.0543. The summed E-state index contributed by atoms with van der Waals surface area (Å²) < 4.78 is 0. The fraction of sp³-hybridized carbons (Fsp3) is 0.708. The molecule has 0 amide bonds. The molecule has 2 heteroatoms. The summed E-state index contributed by atoms with van der Waals surface area (Å²) in [5.74, 6) is 2.27. The van der Waals surface area contributed by atoms with Crippen molar-refractivity contribution in [3.8, 4) is 0 Å². The highest BCUT2D eigenvalue weighted by molar-refractivity contribution is 5.72. The van der Waals surface area contributed by atoms with Crippen LogP contribution in [0.4, 0.5) is 0 Å². The second-order valence-electron chi connectivity index (χ2n) is 10.2. The molecule has 0 aromatic carbocycles. The molecule has 2 nitrogen and oxygen atoms in total. The molecule has 5 rings (SSSR count). The zero-order chi connectivity index (χ0) is 18.0. The molecule has 4 aliphatic carbocycles. The third-order valence-electron chi connectivity index (χ3n) is 9.48. The maximum atomic E-state index is 7.42. The minimum atomic E-state index is 0.0543. The van der Waals surface area contributed by atoms with Crippen LogP contribution in [-0.4, -0.2) is 10.5 Å².